The molecule has 0 saturated carbocycles. The summed E-state index contributed by atoms with van der Waals surface area (Å²) in [5, 5.41) is 5.49. The third-order valence-electron chi connectivity index (χ3n) is 4.18. The molecule has 138 valence electrons. The van der Waals surface area contributed by atoms with Crippen molar-refractivity contribution in [1.29, 1.82) is 0 Å². The molecule has 0 aliphatic heterocycles. The smallest absolute Gasteiger partial charge is 0.291 e. The summed E-state index contributed by atoms with van der Waals surface area (Å²) in [5.41, 5.74) is 2.95. The summed E-state index contributed by atoms with van der Waals surface area (Å²) in [6.07, 6.45) is 1.42. The van der Waals surface area contributed by atoms with Crippen LogP contribution in [0.1, 0.15) is 37.6 Å². The minimum atomic E-state index is -0.393. The number of hydrogen-bond acceptors (Lipinski definition) is 3. The van der Waals surface area contributed by atoms with E-state index in [0.717, 1.165) is 5.56 Å². The predicted molar refractivity (Wildman–Crippen MR) is 100 cm³/mol. The Morgan fingerprint density at radius 1 is 1.00 bits per heavy atom. The minimum absolute atomic E-state index is 0.186. The quantitative estimate of drug-likeness (QED) is 0.710. The molecule has 0 atom stereocenters. The van der Waals surface area contributed by atoms with Crippen LogP contribution in [0.3, 0.4) is 0 Å². The lowest BCUT2D eigenvalue weighted by atomic mass is 10.1. The summed E-state index contributed by atoms with van der Waals surface area (Å²) >= 11 is 0. The zero-order valence-corrected chi connectivity index (χ0v) is 15.0. The zero-order valence-electron chi connectivity index (χ0n) is 15.0. The number of furan rings is 1. The molecule has 0 unspecified atom stereocenters. The number of carbonyl (C=O) groups is 2. The Labute approximate surface area is 156 Å². The summed E-state index contributed by atoms with van der Waals surface area (Å²) in [5.74, 6) is -0.828. The topological polar surface area (TPSA) is 71.3 Å². The Kier molecular flexibility index (Phi) is 5.35. The molecular weight excluding hydrogens is 347 g/mol. The van der Waals surface area contributed by atoms with Crippen LogP contribution in [-0.2, 0) is 6.54 Å². The lowest BCUT2D eigenvalue weighted by Gasteiger charge is -2.11. The predicted octanol–water partition coefficient (Wildman–Crippen LogP) is 4.22. The van der Waals surface area contributed by atoms with E-state index in [0.29, 0.717) is 22.4 Å². The first-order chi connectivity index (χ1) is 12.9. The van der Waals surface area contributed by atoms with Crippen LogP contribution in [0, 0.1) is 19.7 Å². The molecule has 27 heavy (non-hydrogen) atoms. The van der Waals surface area contributed by atoms with Crippen LogP contribution in [0.2, 0.25) is 0 Å². The van der Waals surface area contributed by atoms with Crippen molar-refractivity contribution in [3.63, 3.8) is 0 Å². The van der Waals surface area contributed by atoms with Crippen LogP contribution < -0.4 is 10.6 Å². The van der Waals surface area contributed by atoms with Crippen LogP contribution in [0.5, 0.6) is 0 Å². The van der Waals surface area contributed by atoms with Gasteiger partial charge >= 0.3 is 0 Å². The van der Waals surface area contributed by atoms with Crippen LogP contribution in [0.4, 0.5) is 10.1 Å². The van der Waals surface area contributed by atoms with Gasteiger partial charge in [0.25, 0.3) is 11.8 Å². The van der Waals surface area contributed by atoms with E-state index in [1.807, 2.05) is 6.92 Å². The maximum atomic E-state index is 13.6. The fraction of sp³-hybridized carbons (Fsp3) is 0.143. The van der Waals surface area contributed by atoms with Gasteiger partial charge in [0.15, 0.2) is 5.76 Å². The van der Waals surface area contributed by atoms with Crippen LogP contribution >= 0.6 is 0 Å². The summed E-state index contributed by atoms with van der Waals surface area (Å²) in [6, 6.07) is 13.0. The van der Waals surface area contributed by atoms with E-state index in [4.69, 9.17) is 4.42 Å². The number of nitrogens with one attached hydrogen (secondary N) is 2. The molecule has 0 bridgehead atoms. The molecule has 0 spiro atoms. The van der Waals surface area contributed by atoms with Gasteiger partial charge in [0.05, 0.1) is 6.26 Å². The van der Waals surface area contributed by atoms with Gasteiger partial charge in [-0.25, -0.2) is 4.39 Å². The SMILES string of the molecule is Cc1ccc(CNC(=O)c2ccc(C)c(NC(=O)c3ccco3)c2)cc1F. The molecule has 5 nitrogen and oxygen atoms in total. The molecule has 3 rings (SSSR count). The summed E-state index contributed by atoms with van der Waals surface area (Å²) in [7, 11) is 0. The number of hydrogen-bond donors (Lipinski definition) is 2. The number of rotatable bonds is 5. The second kappa shape index (κ2) is 7.86. The largest absolute Gasteiger partial charge is 0.459 e. The molecular formula is C21H19FN2O3. The lowest BCUT2D eigenvalue weighted by Crippen LogP contribution is -2.23. The van der Waals surface area contributed by atoms with E-state index in [1.54, 1.807) is 49.4 Å². The van der Waals surface area contributed by atoms with E-state index in [2.05, 4.69) is 10.6 Å². The van der Waals surface area contributed by atoms with E-state index in [1.165, 1.54) is 12.3 Å². The van der Waals surface area contributed by atoms with Crippen LogP contribution in [0.25, 0.3) is 0 Å². The van der Waals surface area contributed by atoms with E-state index in [-0.39, 0.29) is 24.0 Å². The summed E-state index contributed by atoms with van der Waals surface area (Å²) in [4.78, 5) is 24.5. The van der Waals surface area contributed by atoms with Crippen LogP contribution in [0.15, 0.2) is 59.2 Å². The van der Waals surface area contributed by atoms with Crippen molar-refractivity contribution in [3.8, 4) is 0 Å². The van der Waals surface area contributed by atoms with Gasteiger partial charge in [-0.15, -0.1) is 0 Å². The fourth-order valence-electron chi connectivity index (χ4n) is 2.52. The highest BCUT2D eigenvalue weighted by molar-refractivity contribution is 6.03. The molecule has 0 aliphatic carbocycles. The van der Waals surface area contributed by atoms with E-state index in [9.17, 15) is 14.0 Å². The molecule has 0 radical (unpaired) electrons. The Bertz CT molecular complexity index is 981. The fourth-order valence-corrected chi connectivity index (χ4v) is 2.52. The average molecular weight is 366 g/mol. The third kappa shape index (κ3) is 4.41. The summed E-state index contributed by atoms with van der Waals surface area (Å²) in [6.45, 7) is 3.72. The molecule has 0 aliphatic rings. The maximum absolute atomic E-state index is 13.6. The van der Waals surface area contributed by atoms with Crippen molar-refractivity contribution in [2.45, 2.75) is 20.4 Å². The number of amides is 2. The maximum Gasteiger partial charge on any atom is 0.291 e. The monoisotopic (exact) mass is 366 g/mol. The van der Waals surface area contributed by atoms with Gasteiger partial charge in [-0.05, 0) is 60.9 Å². The van der Waals surface area contributed by atoms with Gasteiger partial charge in [0.2, 0.25) is 0 Å². The molecule has 0 saturated heterocycles. The number of aryl methyl sites for hydroxylation is 2. The third-order valence-corrected chi connectivity index (χ3v) is 4.18. The first kappa shape index (κ1) is 18.4. The molecule has 1 aromatic heterocycles. The molecule has 1 heterocycles. The number of anilines is 1. The van der Waals surface area contributed by atoms with Gasteiger partial charge in [-0.2, -0.15) is 0 Å². The Morgan fingerprint density at radius 3 is 2.48 bits per heavy atom. The minimum Gasteiger partial charge on any atom is -0.459 e. The number of benzene rings is 2. The van der Waals surface area contributed by atoms with Crippen molar-refractivity contribution < 1.29 is 18.4 Å². The summed E-state index contributed by atoms with van der Waals surface area (Å²) < 4.78 is 18.7. The van der Waals surface area contributed by atoms with Gasteiger partial charge < -0.3 is 15.1 Å². The average Bonchev–Trinajstić information content (AvgIpc) is 3.19. The van der Waals surface area contributed by atoms with Gasteiger partial charge in [0.1, 0.15) is 5.82 Å². The Morgan fingerprint density at radius 2 is 1.78 bits per heavy atom. The van der Waals surface area contributed by atoms with Gasteiger partial charge in [-0.1, -0.05) is 18.2 Å². The van der Waals surface area contributed by atoms with Crippen molar-refractivity contribution in [1.82, 2.24) is 5.32 Å². The molecule has 2 amide bonds. The van der Waals surface area contributed by atoms with Crippen LogP contribution in [-0.4, -0.2) is 11.8 Å². The molecule has 2 N–H and O–H groups in total. The standard InChI is InChI=1S/C21H19FN2O3/c1-13-5-7-15(10-17(13)22)12-23-20(25)16-8-6-14(2)18(11-16)24-21(26)19-4-3-9-27-19/h3-11H,12H2,1-2H3,(H,23,25)(H,24,26). The Balaban J connectivity index is 1.69. The number of carbonyl (C=O) groups excluding carboxylic acids is 2. The van der Waals surface area contributed by atoms with Crippen molar-refractivity contribution in [3.05, 3.63) is 88.6 Å². The number of halogens is 1. The Hall–Kier alpha value is -3.41. The second-order valence-electron chi connectivity index (χ2n) is 6.23. The van der Waals surface area contributed by atoms with Crippen molar-refractivity contribution in [2.24, 2.45) is 0 Å². The molecule has 3 aromatic rings. The molecule has 0 fully saturated rings. The zero-order chi connectivity index (χ0) is 19.4. The highest BCUT2D eigenvalue weighted by Crippen LogP contribution is 2.18. The highest BCUT2D eigenvalue weighted by Gasteiger charge is 2.13. The van der Waals surface area contributed by atoms with E-state index >= 15 is 0 Å². The molecule has 2 aromatic carbocycles. The lowest BCUT2D eigenvalue weighted by molar-refractivity contribution is 0.0949. The normalized spacial score (nSPS) is 10.5. The second-order valence-corrected chi connectivity index (χ2v) is 6.23. The van der Waals surface area contributed by atoms with Crippen molar-refractivity contribution in [2.75, 3.05) is 5.32 Å². The van der Waals surface area contributed by atoms with E-state index < -0.39 is 5.91 Å². The van der Waals surface area contributed by atoms with Gasteiger partial charge in [0, 0.05) is 17.8 Å². The van der Waals surface area contributed by atoms with Gasteiger partial charge in [-0.3, -0.25) is 9.59 Å². The first-order valence-corrected chi connectivity index (χ1v) is 8.43. The van der Waals surface area contributed by atoms with Crippen molar-refractivity contribution >= 4 is 17.5 Å². The molecule has 6 heteroatoms. The highest BCUT2D eigenvalue weighted by atomic mass is 19.1. The first-order valence-electron chi connectivity index (χ1n) is 8.43.